The lowest BCUT2D eigenvalue weighted by atomic mass is 10.3. The minimum absolute atomic E-state index is 0.0858. The Balaban J connectivity index is 2.07. The molecule has 2 aromatic rings. The monoisotopic (exact) mass is 277 g/mol. The zero-order chi connectivity index (χ0) is 14.5. The van der Waals surface area contributed by atoms with Gasteiger partial charge in [-0.1, -0.05) is 0 Å². The molecular weight excluding hydrogens is 258 g/mol. The van der Waals surface area contributed by atoms with Gasteiger partial charge in [0.15, 0.2) is 0 Å². The second kappa shape index (κ2) is 6.33. The molecule has 7 nitrogen and oxygen atoms in total. The summed E-state index contributed by atoms with van der Waals surface area (Å²) in [6.45, 7) is 5.39. The van der Waals surface area contributed by atoms with Crippen LogP contribution in [0, 0.1) is 0 Å². The lowest BCUT2D eigenvalue weighted by Gasteiger charge is -2.09. The number of aromatic nitrogens is 4. The molecule has 1 unspecified atom stereocenters. The number of ether oxygens (including phenoxy) is 1. The summed E-state index contributed by atoms with van der Waals surface area (Å²) in [6, 6.07) is 1.33. The van der Waals surface area contributed by atoms with E-state index in [-0.39, 0.29) is 11.6 Å². The van der Waals surface area contributed by atoms with Gasteiger partial charge in [-0.2, -0.15) is 10.2 Å². The predicted molar refractivity (Wildman–Crippen MR) is 74.6 cm³/mol. The van der Waals surface area contributed by atoms with E-state index in [9.17, 15) is 4.79 Å². The highest BCUT2D eigenvalue weighted by molar-refractivity contribution is 5.14. The van der Waals surface area contributed by atoms with Crippen molar-refractivity contribution in [2.75, 3.05) is 6.61 Å². The maximum atomic E-state index is 11.9. The van der Waals surface area contributed by atoms with E-state index in [1.165, 1.54) is 16.9 Å². The van der Waals surface area contributed by atoms with Crippen LogP contribution in [0.4, 0.5) is 0 Å². The Bertz CT molecular complexity index is 617. The molecule has 0 fully saturated rings. The van der Waals surface area contributed by atoms with Crippen molar-refractivity contribution >= 4 is 0 Å². The van der Waals surface area contributed by atoms with E-state index in [2.05, 4.69) is 10.2 Å². The molecule has 0 radical (unpaired) electrons. The Morgan fingerprint density at radius 1 is 1.40 bits per heavy atom. The Morgan fingerprint density at radius 3 is 2.80 bits per heavy atom. The molecule has 0 aliphatic rings. The fourth-order valence-corrected chi connectivity index (χ4v) is 1.68. The third kappa shape index (κ3) is 3.67. The summed E-state index contributed by atoms with van der Waals surface area (Å²) in [6.07, 6.45) is 5.15. The summed E-state index contributed by atoms with van der Waals surface area (Å²) >= 11 is 0. The first-order valence-electron chi connectivity index (χ1n) is 6.55. The minimum atomic E-state index is -0.212. The summed E-state index contributed by atoms with van der Waals surface area (Å²) in [5, 5.41) is 8.25. The third-order valence-electron chi connectivity index (χ3n) is 2.70. The van der Waals surface area contributed by atoms with Gasteiger partial charge in [-0.25, -0.2) is 4.68 Å². The molecule has 0 saturated heterocycles. The van der Waals surface area contributed by atoms with Crippen LogP contribution in [0.5, 0.6) is 5.75 Å². The summed E-state index contributed by atoms with van der Waals surface area (Å²) in [4.78, 5) is 11.9. The van der Waals surface area contributed by atoms with E-state index >= 15 is 0 Å². The summed E-state index contributed by atoms with van der Waals surface area (Å²) in [7, 11) is 0. The van der Waals surface area contributed by atoms with E-state index in [1.54, 1.807) is 10.9 Å². The van der Waals surface area contributed by atoms with Gasteiger partial charge in [-0.05, 0) is 13.8 Å². The van der Waals surface area contributed by atoms with Crippen LogP contribution in [-0.4, -0.2) is 32.2 Å². The molecule has 7 heteroatoms. The van der Waals surface area contributed by atoms with Crippen molar-refractivity contribution in [1.82, 2.24) is 19.6 Å². The highest BCUT2D eigenvalue weighted by Gasteiger charge is 2.05. The topological polar surface area (TPSA) is 88.0 Å². The van der Waals surface area contributed by atoms with E-state index in [0.29, 0.717) is 18.9 Å². The quantitative estimate of drug-likeness (QED) is 0.817. The molecule has 1 atom stereocenters. The average Bonchev–Trinajstić information content (AvgIpc) is 2.87. The van der Waals surface area contributed by atoms with E-state index in [0.717, 1.165) is 12.1 Å². The van der Waals surface area contributed by atoms with Crippen LogP contribution in [0.15, 0.2) is 29.5 Å². The maximum Gasteiger partial charge on any atom is 0.270 e. The third-order valence-corrected chi connectivity index (χ3v) is 2.70. The van der Waals surface area contributed by atoms with Crippen LogP contribution in [0.2, 0.25) is 0 Å². The number of hydrogen-bond acceptors (Lipinski definition) is 5. The molecule has 0 spiro atoms. The van der Waals surface area contributed by atoms with Gasteiger partial charge in [0.1, 0.15) is 12.4 Å². The first kappa shape index (κ1) is 14.3. The molecule has 0 saturated carbocycles. The fourth-order valence-electron chi connectivity index (χ4n) is 1.68. The molecule has 0 aliphatic heterocycles. The van der Waals surface area contributed by atoms with Gasteiger partial charge in [0.2, 0.25) is 0 Å². The zero-order valence-electron chi connectivity index (χ0n) is 11.7. The lowest BCUT2D eigenvalue weighted by Crippen LogP contribution is -2.26. The Morgan fingerprint density at radius 2 is 2.20 bits per heavy atom. The van der Waals surface area contributed by atoms with Crippen LogP contribution >= 0.6 is 0 Å². The standard InChI is InChI=1S/C13H19N5O2/c1-3-17-7-11(5-15-17)8-18-13(19)4-12(6-16-18)20-9-10(2)14/h4-7,10H,3,8-9,14H2,1-2H3. The fraction of sp³-hybridized carbons (Fsp3) is 0.462. The highest BCUT2D eigenvalue weighted by Crippen LogP contribution is 2.05. The van der Waals surface area contributed by atoms with Crippen molar-refractivity contribution in [2.24, 2.45) is 5.73 Å². The van der Waals surface area contributed by atoms with Crippen molar-refractivity contribution in [3.05, 3.63) is 40.6 Å². The van der Waals surface area contributed by atoms with Crippen molar-refractivity contribution < 1.29 is 4.74 Å². The van der Waals surface area contributed by atoms with Gasteiger partial charge in [0, 0.05) is 30.4 Å². The highest BCUT2D eigenvalue weighted by atomic mass is 16.5. The molecule has 108 valence electrons. The second-order valence-corrected chi connectivity index (χ2v) is 4.68. The number of rotatable bonds is 6. The summed E-state index contributed by atoms with van der Waals surface area (Å²) in [5.74, 6) is 0.438. The smallest absolute Gasteiger partial charge is 0.270 e. The molecule has 0 aromatic carbocycles. The molecule has 2 heterocycles. The van der Waals surface area contributed by atoms with Crippen molar-refractivity contribution in [3.8, 4) is 5.75 Å². The van der Waals surface area contributed by atoms with Gasteiger partial charge in [-0.3, -0.25) is 9.48 Å². The van der Waals surface area contributed by atoms with Gasteiger partial charge in [0.05, 0.1) is 18.9 Å². The van der Waals surface area contributed by atoms with Crippen LogP contribution < -0.4 is 16.0 Å². The van der Waals surface area contributed by atoms with Crippen LogP contribution in [0.1, 0.15) is 19.4 Å². The molecule has 0 bridgehead atoms. The Hall–Kier alpha value is -2.15. The molecule has 2 aromatic heterocycles. The lowest BCUT2D eigenvalue weighted by molar-refractivity contribution is 0.293. The van der Waals surface area contributed by atoms with E-state index in [1.807, 2.05) is 20.0 Å². The predicted octanol–water partition coefficient (Wildman–Crippen LogP) is 0.234. The number of nitrogens with zero attached hydrogens (tertiary/aromatic N) is 4. The van der Waals surface area contributed by atoms with Crippen LogP contribution in [0.3, 0.4) is 0 Å². The van der Waals surface area contributed by atoms with Crippen molar-refractivity contribution in [2.45, 2.75) is 33.0 Å². The van der Waals surface area contributed by atoms with Gasteiger partial charge in [0.25, 0.3) is 5.56 Å². The molecular formula is C13H19N5O2. The first-order valence-corrected chi connectivity index (χ1v) is 6.55. The molecule has 0 aliphatic carbocycles. The SMILES string of the molecule is CCn1cc(Cn2ncc(OCC(C)N)cc2=O)cn1. The first-order chi connectivity index (χ1) is 9.58. The van der Waals surface area contributed by atoms with Crippen LogP contribution in [0.25, 0.3) is 0 Å². The molecule has 0 amide bonds. The number of aryl methyl sites for hydroxylation is 1. The van der Waals surface area contributed by atoms with Crippen LogP contribution in [-0.2, 0) is 13.1 Å². The number of hydrogen-bond donors (Lipinski definition) is 1. The van der Waals surface area contributed by atoms with Crippen molar-refractivity contribution in [3.63, 3.8) is 0 Å². The molecule has 20 heavy (non-hydrogen) atoms. The van der Waals surface area contributed by atoms with E-state index < -0.39 is 0 Å². The molecule has 2 rings (SSSR count). The Labute approximate surface area is 117 Å². The average molecular weight is 277 g/mol. The van der Waals surface area contributed by atoms with Crippen molar-refractivity contribution in [1.29, 1.82) is 0 Å². The Kier molecular flexibility index (Phi) is 4.52. The van der Waals surface area contributed by atoms with Gasteiger partial charge >= 0.3 is 0 Å². The van der Waals surface area contributed by atoms with E-state index in [4.69, 9.17) is 10.5 Å². The largest absolute Gasteiger partial charge is 0.490 e. The van der Waals surface area contributed by atoms with Gasteiger partial charge < -0.3 is 10.5 Å². The minimum Gasteiger partial charge on any atom is -0.490 e. The second-order valence-electron chi connectivity index (χ2n) is 4.68. The molecule has 2 N–H and O–H groups in total. The number of nitrogens with two attached hydrogens (primary N) is 1. The maximum absolute atomic E-state index is 11.9. The van der Waals surface area contributed by atoms with Gasteiger partial charge in [-0.15, -0.1) is 0 Å². The summed E-state index contributed by atoms with van der Waals surface area (Å²) < 4.78 is 8.53. The normalized spacial score (nSPS) is 12.3. The zero-order valence-corrected chi connectivity index (χ0v) is 11.7. The summed E-state index contributed by atoms with van der Waals surface area (Å²) in [5.41, 5.74) is 6.31.